The van der Waals surface area contributed by atoms with Crippen LogP contribution < -0.4 is 10.6 Å². The first-order chi connectivity index (χ1) is 10.4. The highest BCUT2D eigenvalue weighted by molar-refractivity contribution is 14.0. The number of rotatable bonds is 7. The van der Waals surface area contributed by atoms with E-state index in [0.717, 1.165) is 6.54 Å². The van der Waals surface area contributed by atoms with Crippen molar-refractivity contribution in [2.45, 2.75) is 26.7 Å². The molecule has 7 heteroatoms. The summed E-state index contributed by atoms with van der Waals surface area (Å²) < 4.78 is 22.9. The number of nitrogens with zero attached hydrogens (tertiary/aromatic N) is 1. The van der Waals surface area contributed by atoms with Crippen molar-refractivity contribution in [1.29, 1.82) is 0 Å². The Kier molecular flexibility index (Phi) is 10.5. The Morgan fingerprint density at radius 1 is 1.30 bits per heavy atom. The van der Waals surface area contributed by atoms with Crippen molar-refractivity contribution in [2.75, 3.05) is 31.6 Å². The highest BCUT2D eigenvalue weighted by atomic mass is 127. The van der Waals surface area contributed by atoms with Crippen molar-refractivity contribution in [3.8, 4) is 0 Å². The average molecular weight is 453 g/mol. The first-order valence-corrected chi connectivity index (χ1v) is 9.41. The molecule has 1 unspecified atom stereocenters. The summed E-state index contributed by atoms with van der Waals surface area (Å²) in [6.07, 6.45) is 0. The maximum atomic E-state index is 11.5. The highest BCUT2D eigenvalue weighted by Gasteiger charge is 2.09. The van der Waals surface area contributed by atoms with Crippen molar-refractivity contribution < 1.29 is 8.42 Å². The minimum atomic E-state index is -2.95. The first-order valence-electron chi connectivity index (χ1n) is 7.59. The van der Waals surface area contributed by atoms with Crippen molar-refractivity contribution >= 4 is 39.8 Å². The minimum Gasteiger partial charge on any atom is -0.356 e. The van der Waals surface area contributed by atoms with Gasteiger partial charge in [0.1, 0.15) is 0 Å². The van der Waals surface area contributed by atoms with E-state index in [1.807, 2.05) is 0 Å². The van der Waals surface area contributed by atoms with Crippen LogP contribution in [-0.4, -0.2) is 46.0 Å². The number of nitrogens with one attached hydrogen (secondary N) is 2. The van der Waals surface area contributed by atoms with Gasteiger partial charge in [-0.1, -0.05) is 43.7 Å². The largest absolute Gasteiger partial charge is 0.356 e. The van der Waals surface area contributed by atoms with Gasteiger partial charge in [-0.2, -0.15) is 0 Å². The Morgan fingerprint density at radius 2 is 2.00 bits per heavy atom. The van der Waals surface area contributed by atoms with E-state index >= 15 is 0 Å². The van der Waals surface area contributed by atoms with Crippen LogP contribution in [0.1, 0.15) is 30.9 Å². The van der Waals surface area contributed by atoms with Crippen molar-refractivity contribution in [3.63, 3.8) is 0 Å². The number of hydrogen-bond donors (Lipinski definition) is 2. The molecule has 1 aromatic carbocycles. The van der Waals surface area contributed by atoms with E-state index in [0.29, 0.717) is 18.4 Å². The van der Waals surface area contributed by atoms with Crippen molar-refractivity contribution in [1.82, 2.24) is 10.6 Å². The van der Waals surface area contributed by atoms with E-state index in [9.17, 15) is 8.42 Å². The third-order valence-electron chi connectivity index (χ3n) is 3.56. The Labute approximate surface area is 157 Å². The SMILES string of the molecule is CCS(=O)(=O)CCNC(=NC)NCC(C)c1cccc(C)c1.I. The molecule has 0 aliphatic carbocycles. The van der Waals surface area contributed by atoms with Crippen LogP contribution >= 0.6 is 24.0 Å². The average Bonchev–Trinajstić information content (AvgIpc) is 2.50. The maximum Gasteiger partial charge on any atom is 0.191 e. The minimum absolute atomic E-state index is 0. The van der Waals surface area contributed by atoms with Gasteiger partial charge in [0.2, 0.25) is 0 Å². The number of sulfone groups is 1. The number of aryl methyl sites for hydroxylation is 1. The molecule has 0 saturated carbocycles. The second-order valence-electron chi connectivity index (χ2n) is 5.43. The summed E-state index contributed by atoms with van der Waals surface area (Å²) in [4.78, 5) is 4.12. The molecule has 1 aromatic rings. The smallest absolute Gasteiger partial charge is 0.191 e. The molecule has 0 amide bonds. The summed E-state index contributed by atoms with van der Waals surface area (Å²) in [6, 6.07) is 8.43. The van der Waals surface area contributed by atoms with Gasteiger partial charge in [-0.25, -0.2) is 8.42 Å². The Balaban J connectivity index is 0.00000484. The Morgan fingerprint density at radius 3 is 2.57 bits per heavy atom. The zero-order chi connectivity index (χ0) is 16.6. The molecule has 23 heavy (non-hydrogen) atoms. The van der Waals surface area contributed by atoms with E-state index in [1.165, 1.54) is 11.1 Å². The molecular formula is C16H28IN3O2S. The van der Waals surface area contributed by atoms with Gasteiger partial charge in [0.15, 0.2) is 15.8 Å². The summed E-state index contributed by atoms with van der Waals surface area (Å²) in [6.45, 7) is 7.00. The standard InChI is InChI=1S/C16H27N3O2S.HI/c1-5-22(20,21)10-9-18-16(17-4)19-12-14(3)15-8-6-7-13(2)11-15;/h6-8,11,14H,5,9-10,12H2,1-4H3,(H2,17,18,19);1H. The topological polar surface area (TPSA) is 70.6 Å². The zero-order valence-corrected chi connectivity index (χ0v) is 17.4. The van der Waals surface area contributed by atoms with E-state index in [4.69, 9.17) is 0 Å². The second kappa shape index (κ2) is 10.9. The maximum absolute atomic E-state index is 11.5. The van der Waals surface area contributed by atoms with Gasteiger partial charge in [-0.05, 0) is 18.4 Å². The van der Waals surface area contributed by atoms with E-state index in [1.54, 1.807) is 14.0 Å². The molecule has 0 aliphatic rings. The number of hydrogen-bond acceptors (Lipinski definition) is 3. The monoisotopic (exact) mass is 453 g/mol. The van der Waals surface area contributed by atoms with Crippen LogP contribution in [0, 0.1) is 6.92 Å². The summed E-state index contributed by atoms with van der Waals surface area (Å²) in [5.41, 5.74) is 2.52. The third-order valence-corrected chi connectivity index (χ3v) is 5.26. The fourth-order valence-electron chi connectivity index (χ4n) is 2.03. The van der Waals surface area contributed by atoms with Crippen LogP contribution in [0.2, 0.25) is 0 Å². The number of benzene rings is 1. The fraction of sp³-hybridized carbons (Fsp3) is 0.562. The van der Waals surface area contributed by atoms with Crippen LogP contribution in [0.3, 0.4) is 0 Å². The second-order valence-corrected chi connectivity index (χ2v) is 7.90. The quantitative estimate of drug-likeness (QED) is 0.378. The molecular weight excluding hydrogens is 425 g/mol. The van der Waals surface area contributed by atoms with Gasteiger partial charge in [-0.3, -0.25) is 4.99 Å². The van der Waals surface area contributed by atoms with Gasteiger partial charge in [0.05, 0.1) is 5.75 Å². The molecule has 0 saturated heterocycles. The lowest BCUT2D eigenvalue weighted by molar-refractivity contribution is 0.595. The summed E-state index contributed by atoms with van der Waals surface area (Å²) in [7, 11) is -1.27. The third kappa shape index (κ3) is 8.55. The van der Waals surface area contributed by atoms with Gasteiger partial charge >= 0.3 is 0 Å². The van der Waals surface area contributed by atoms with Crippen LogP contribution in [0.15, 0.2) is 29.3 Å². The molecule has 1 atom stereocenters. The molecule has 0 fully saturated rings. The van der Waals surface area contributed by atoms with Gasteiger partial charge in [0.25, 0.3) is 0 Å². The molecule has 0 spiro atoms. The number of guanidine groups is 1. The molecule has 1 rings (SSSR count). The molecule has 0 radical (unpaired) electrons. The molecule has 2 N–H and O–H groups in total. The highest BCUT2D eigenvalue weighted by Crippen LogP contribution is 2.15. The van der Waals surface area contributed by atoms with Crippen LogP contribution in [0.4, 0.5) is 0 Å². The van der Waals surface area contributed by atoms with Crippen LogP contribution in [0.25, 0.3) is 0 Å². The van der Waals surface area contributed by atoms with E-state index in [-0.39, 0.29) is 35.5 Å². The van der Waals surface area contributed by atoms with E-state index < -0.39 is 9.84 Å². The summed E-state index contributed by atoms with van der Waals surface area (Å²) >= 11 is 0. The molecule has 5 nitrogen and oxygen atoms in total. The lowest BCUT2D eigenvalue weighted by Gasteiger charge is -2.16. The lowest BCUT2D eigenvalue weighted by atomic mass is 9.99. The molecule has 0 aliphatic heterocycles. The van der Waals surface area contributed by atoms with Gasteiger partial charge in [0, 0.05) is 25.9 Å². The predicted molar refractivity (Wildman–Crippen MR) is 109 cm³/mol. The number of halogens is 1. The lowest BCUT2D eigenvalue weighted by Crippen LogP contribution is -2.41. The zero-order valence-electron chi connectivity index (χ0n) is 14.3. The molecule has 0 bridgehead atoms. The molecule has 0 heterocycles. The molecule has 0 aromatic heterocycles. The van der Waals surface area contributed by atoms with E-state index in [2.05, 4.69) is 53.7 Å². The van der Waals surface area contributed by atoms with Crippen molar-refractivity contribution in [3.05, 3.63) is 35.4 Å². The summed E-state index contributed by atoms with van der Waals surface area (Å²) in [5.74, 6) is 1.27. The predicted octanol–water partition coefficient (Wildman–Crippen LogP) is 2.32. The van der Waals surface area contributed by atoms with Gasteiger partial charge < -0.3 is 10.6 Å². The molecule has 132 valence electrons. The fourth-order valence-corrected chi connectivity index (χ4v) is 2.74. The van der Waals surface area contributed by atoms with Crippen LogP contribution in [0.5, 0.6) is 0 Å². The number of aliphatic imine (C=N–C) groups is 1. The Bertz CT molecular complexity index is 603. The first kappa shape index (κ1) is 22.2. The summed E-state index contributed by atoms with van der Waals surface area (Å²) in [5, 5.41) is 6.27. The van der Waals surface area contributed by atoms with Gasteiger partial charge in [-0.15, -0.1) is 24.0 Å². The normalized spacial score (nSPS) is 13.1. The van der Waals surface area contributed by atoms with Crippen molar-refractivity contribution in [2.24, 2.45) is 4.99 Å². The Hall–Kier alpha value is -0.830. The van der Waals surface area contributed by atoms with Crippen LogP contribution in [-0.2, 0) is 9.84 Å².